The van der Waals surface area contributed by atoms with Crippen LogP contribution in [0.15, 0.2) is 30.3 Å². The molecule has 1 aromatic heterocycles. The predicted molar refractivity (Wildman–Crippen MR) is 112 cm³/mol. The van der Waals surface area contributed by atoms with Gasteiger partial charge in [-0.15, -0.1) is 0 Å². The van der Waals surface area contributed by atoms with Crippen molar-refractivity contribution in [3.63, 3.8) is 0 Å². The van der Waals surface area contributed by atoms with Gasteiger partial charge >= 0.3 is 6.09 Å². The van der Waals surface area contributed by atoms with Crippen LogP contribution in [0, 0.1) is 0 Å². The summed E-state index contributed by atoms with van der Waals surface area (Å²) in [6.45, 7) is 11.2. The molecule has 0 N–H and O–H groups in total. The minimum absolute atomic E-state index is 0.104. The van der Waals surface area contributed by atoms with Crippen LogP contribution in [-0.4, -0.2) is 44.4 Å². The number of nitrogens with zero attached hydrogens (tertiary/aromatic N) is 4. The molecule has 6 heteroatoms. The van der Waals surface area contributed by atoms with Gasteiger partial charge in [0.2, 0.25) is 0 Å². The van der Waals surface area contributed by atoms with Crippen molar-refractivity contribution < 1.29 is 9.53 Å². The highest BCUT2D eigenvalue weighted by atomic mass is 16.6. The second kappa shape index (κ2) is 7.47. The summed E-state index contributed by atoms with van der Waals surface area (Å²) < 4.78 is 7.74. The first-order chi connectivity index (χ1) is 13.7. The Morgan fingerprint density at radius 1 is 1.10 bits per heavy atom. The van der Waals surface area contributed by atoms with Gasteiger partial charge in [-0.3, -0.25) is 0 Å². The van der Waals surface area contributed by atoms with E-state index in [2.05, 4.69) is 42.8 Å². The Hall–Kier alpha value is -2.37. The van der Waals surface area contributed by atoms with Crippen molar-refractivity contribution in [3.8, 4) is 0 Å². The maximum absolute atomic E-state index is 12.8. The van der Waals surface area contributed by atoms with E-state index in [0.717, 1.165) is 11.6 Å². The van der Waals surface area contributed by atoms with Crippen molar-refractivity contribution in [3.05, 3.63) is 47.5 Å². The molecule has 0 radical (unpaired) electrons. The third-order valence-electron chi connectivity index (χ3n) is 5.64. The number of likely N-dealkylation sites (tertiary alicyclic amines) is 1. The van der Waals surface area contributed by atoms with Crippen LogP contribution in [0.25, 0.3) is 0 Å². The monoisotopic (exact) mass is 396 g/mol. The molecule has 156 valence electrons. The van der Waals surface area contributed by atoms with Gasteiger partial charge in [-0.1, -0.05) is 30.3 Å². The summed E-state index contributed by atoms with van der Waals surface area (Å²) in [6, 6.07) is 10.7. The smallest absolute Gasteiger partial charge is 0.410 e. The number of carbonyl (C=O) groups is 1. The first-order valence-corrected chi connectivity index (χ1v) is 10.7. The average Bonchev–Trinajstić information content (AvgIpc) is 3.25. The van der Waals surface area contributed by atoms with Crippen LogP contribution in [0.1, 0.15) is 88.5 Å². The fraction of sp³-hybridized carbons (Fsp3) is 0.609. The molecule has 0 bridgehead atoms. The molecule has 1 saturated carbocycles. The molecule has 1 saturated heterocycles. The maximum atomic E-state index is 12.8. The summed E-state index contributed by atoms with van der Waals surface area (Å²) in [4.78, 5) is 19.6. The average molecular weight is 397 g/mol. The van der Waals surface area contributed by atoms with Gasteiger partial charge in [0.05, 0.1) is 0 Å². The lowest BCUT2D eigenvalue weighted by Crippen LogP contribution is -2.35. The maximum Gasteiger partial charge on any atom is 0.410 e. The number of hydrogen-bond acceptors (Lipinski definition) is 4. The molecular formula is C23H32N4O2. The lowest BCUT2D eigenvalue weighted by molar-refractivity contribution is 0.0290. The van der Waals surface area contributed by atoms with E-state index in [1.807, 2.05) is 31.7 Å². The fourth-order valence-electron chi connectivity index (χ4n) is 4.08. The Kier molecular flexibility index (Phi) is 5.13. The summed E-state index contributed by atoms with van der Waals surface area (Å²) in [7, 11) is 0. The van der Waals surface area contributed by atoms with Gasteiger partial charge < -0.3 is 9.64 Å². The molecule has 1 amide bonds. The van der Waals surface area contributed by atoms with Gasteiger partial charge in [0.25, 0.3) is 0 Å². The summed E-state index contributed by atoms with van der Waals surface area (Å²) >= 11 is 0. The van der Waals surface area contributed by atoms with Crippen LogP contribution in [0.4, 0.5) is 4.79 Å². The Morgan fingerprint density at radius 2 is 1.76 bits per heavy atom. The normalized spacial score (nSPS) is 22.3. The molecule has 2 unspecified atom stereocenters. The Morgan fingerprint density at radius 3 is 2.34 bits per heavy atom. The summed E-state index contributed by atoms with van der Waals surface area (Å²) in [5, 5.41) is 4.84. The molecular weight excluding hydrogens is 364 g/mol. The lowest BCUT2D eigenvalue weighted by atomic mass is 9.88. The zero-order valence-electron chi connectivity index (χ0n) is 18.1. The zero-order valence-corrected chi connectivity index (χ0v) is 18.1. The van der Waals surface area contributed by atoms with Gasteiger partial charge in [-0.2, -0.15) is 5.10 Å². The zero-order chi connectivity index (χ0) is 20.8. The van der Waals surface area contributed by atoms with Crippen LogP contribution in [-0.2, 0) is 4.74 Å². The quantitative estimate of drug-likeness (QED) is 0.741. The van der Waals surface area contributed by atoms with Crippen LogP contribution in [0.2, 0.25) is 0 Å². The topological polar surface area (TPSA) is 60.2 Å². The number of rotatable bonds is 4. The van der Waals surface area contributed by atoms with Crippen molar-refractivity contribution in [2.75, 3.05) is 13.1 Å². The molecule has 4 rings (SSSR count). The van der Waals surface area contributed by atoms with E-state index >= 15 is 0 Å². The molecule has 0 spiro atoms. The minimum Gasteiger partial charge on any atom is -0.444 e. The van der Waals surface area contributed by atoms with Crippen molar-refractivity contribution in [2.24, 2.45) is 0 Å². The molecule has 1 aromatic carbocycles. The molecule has 2 heterocycles. The Bertz CT molecular complexity index is 865. The van der Waals surface area contributed by atoms with Crippen molar-refractivity contribution >= 4 is 6.09 Å². The molecule has 2 aromatic rings. The molecule has 2 fully saturated rings. The number of ether oxygens (including phenoxy) is 1. The molecule has 1 aliphatic heterocycles. The van der Waals surface area contributed by atoms with Gasteiger partial charge in [-0.25, -0.2) is 14.5 Å². The van der Waals surface area contributed by atoms with E-state index in [-0.39, 0.29) is 24.0 Å². The lowest BCUT2D eigenvalue weighted by Gasteiger charge is -2.24. The van der Waals surface area contributed by atoms with Gasteiger partial charge in [0, 0.05) is 36.9 Å². The third kappa shape index (κ3) is 4.31. The van der Waals surface area contributed by atoms with Crippen LogP contribution < -0.4 is 0 Å². The SMILES string of the molecule is CC(C)n1nc(C2CC2)nc1C1CN(C(=O)OC(C)(C)C)CC1c1ccccc1. The molecule has 1 aliphatic carbocycles. The first kappa shape index (κ1) is 19.9. The Balaban J connectivity index is 1.68. The minimum atomic E-state index is -0.505. The number of benzene rings is 1. The van der Waals surface area contributed by atoms with Crippen molar-refractivity contribution in [2.45, 2.75) is 76.9 Å². The van der Waals surface area contributed by atoms with Crippen LogP contribution in [0.3, 0.4) is 0 Å². The highest BCUT2D eigenvalue weighted by molar-refractivity contribution is 5.69. The fourth-order valence-corrected chi connectivity index (χ4v) is 4.08. The second-order valence-corrected chi connectivity index (χ2v) is 9.65. The summed E-state index contributed by atoms with van der Waals surface area (Å²) in [6.07, 6.45) is 2.11. The van der Waals surface area contributed by atoms with Gasteiger partial charge in [-0.05, 0) is 53.0 Å². The standard InChI is InChI=1S/C23H32N4O2/c1-15(2)27-21(24-20(25-27)17-11-12-17)19-14-26(22(28)29-23(3,4)5)13-18(19)16-9-7-6-8-10-16/h6-10,15,17-19H,11-14H2,1-5H3. The number of hydrogen-bond donors (Lipinski definition) is 0. The van der Waals surface area contributed by atoms with Gasteiger partial charge in [0.15, 0.2) is 5.82 Å². The number of aromatic nitrogens is 3. The molecule has 29 heavy (non-hydrogen) atoms. The molecule has 6 nitrogen and oxygen atoms in total. The van der Waals surface area contributed by atoms with E-state index in [4.69, 9.17) is 14.8 Å². The highest BCUT2D eigenvalue weighted by Gasteiger charge is 2.42. The molecule has 2 atom stereocenters. The molecule has 2 aliphatic rings. The predicted octanol–water partition coefficient (Wildman–Crippen LogP) is 4.85. The largest absolute Gasteiger partial charge is 0.444 e. The van der Waals surface area contributed by atoms with E-state index in [1.165, 1.54) is 18.4 Å². The number of amides is 1. The van der Waals surface area contributed by atoms with E-state index < -0.39 is 5.60 Å². The first-order valence-electron chi connectivity index (χ1n) is 10.7. The number of carbonyl (C=O) groups excluding carboxylic acids is 1. The third-order valence-corrected chi connectivity index (χ3v) is 5.64. The Labute approximate surface area is 173 Å². The summed E-state index contributed by atoms with van der Waals surface area (Å²) in [5.41, 5.74) is 0.726. The van der Waals surface area contributed by atoms with Crippen LogP contribution >= 0.6 is 0 Å². The van der Waals surface area contributed by atoms with Gasteiger partial charge in [0.1, 0.15) is 11.4 Å². The van der Waals surface area contributed by atoms with Crippen LogP contribution in [0.5, 0.6) is 0 Å². The highest BCUT2D eigenvalue weighted by Crippen LogP contribution is 2.43. The van der Waals surface area contributed by atoms with E-state index in [1.54, 1.807) is 0 Å². The van der Waals surface area contributed by atoms with E-state index in [9.17, 15) is 4.79 Å². The second-order valence-electron chi connectivity index (χ2n) is 9.65. The van der Waals surface area contributed by atoms with E-state index in [0.29, 0.717) is 19.0 Å². The van der Waals surface area contributed by atoms with Crippen molar-refractivity contribution in [1.29, 1.82) is 0 Å². The van der Waals surface area contributed by atoms with Crippen molar-refractivity contribution in [1.82, 2.24) is 19.7 Å². The summed E-state index contributed by atoms with van der Waals surface area (Å²) in [5.74, 6) is 2.76.